The quantitative estimate of drug-likeness (QED) is 0.883. The number of aliphatic carboxylic acids is 1. The van der Waals surface area contributed by atoms with E-state index in [1.54, 1.807) is 11.8 Å². The zero-order valence-corrected chi connectivity index (χ0v) is 13.1. The number of aryl methyl sites for hydroxylation is 2. The van der Waals surface area contributed by atoms with Crippen molar-refractivity contribution in [3.63, 3.8) is 0 Å². The van der Waals surface area contributed by atoms with E-state index in [-0.39, 0.29) is 17.7 Å². The van der Waals surface area contributed by atoms with Gasteiger partial charge in [-0.25, -0.2) is 0 Å². The Morgan fingerprint density at radius 2 is 2.00 bits per heavy atom. The van der Waals surface area contributed by atoms with Crippen LogP contribution in [0.5, 0.6) is 0 Å². The lowest BCUT2D eigenvalue weighted by Crippen LogP contribution is -2.53. The van der Waals surface area contributed by atoms with Gasteiger partial charge in [0.25, 0.3) is 0 Å². The van der Waals surface area contributed by atoms with E-state index in [4.69, 9.17) is 5.11 Å². The molecular weight excluding hydrogens is 270 g/mol. The molecule has 1 N–H and O–H groups in total. The number of carbonyl (C=O) groups is 2. The van der Waals surface area contributed by atoms with Gasteiger partial charge in [0.05, 0.1) is 11.6 Å². The molecule has 1 fully saturated rings. The molecule has 2 heterocycles. The number of aromatic nitrogens is 2. The van der Waals surface area contributed by atoms with Crippen molar-refractivity contribution in [2.24, 2.45) is 18.9 Å². The standard InChI is InChI=1S/C15H23N3O3/c1-9(15(20)21)12-7-18(8-12)14(19)6-5-13-10(2)16-17(4)11(13)3/h9,12H,5-8H2,1-4H3,(H,20,21). The second-order valence-electron chi connectivity index (χ2n) is 5.96. The molecule has 1 saturated heterocycles. The molecule has 1 aliphatic heterocycles. The number of carbonyl (C=O) groups excluding carboxylic acids is 1. The van der Waals surface area contributed by atoms with Crippen molar-refractivity contribution < 1.29 is 14.7 Å². The van der Waals surface area contributed by atoms with Gasteiger partial charge in [-0.2, -0.15) is 5.10 Å². The van der Waals surface area contributed by atoms with E-state index in [0.717, 1.165) is 17.0 Å². The van der Waals surface area contributed by atoms with Gasteiger partial charge >= 0.3 is 5.97 Å². The highest BCUT2D eigenvalue weighted by atomic mass is 16.4. The molecule has 1 atom stereocenters. The molecule has 21 heavy (non-hydrogen) atoms. The third kappa shape index (κ3) is 3.09. The van der Waals surface area contributed by atoms with Crippen LogP contribution in [-0.2, 0) is 23.1 Å². The van der Waals surface area contributed by atoms with Crippen molar-refractivity contribution in [3.8, 4) is 0 Å². The van der Waals surface area contributed by atoms with E-state index >= 15 is 0 Å². The average molecular weight is 293 g/mol. The Morgan fingerprint density at radius 3 is 2.48 bits per heavy atom. The van der Waals surface area contributed by atoms with Crippen LogP contribution in [0.4, 0.5) is 0 Å². The Bertz CT molecular complexity index is 559. The number of hydrogen-bond acceptors (Lipinski definition) is 3. The van der Waals surface area contributed by atoms with Crippen molar-refractivity contribution >= 4 is 11.9 Å². The summed E-state index contributed by atoms with van der Waals surface area (Å²) in [5, 5.41) is 13.3. The van der Waals surface area contributed by atoms with Crippen LogP contribution >= 0.6 is 0 Å². The molecule has 0 aliphatic carbocycles. The van der Waals surface area contributed by atoms with Crippen LogP contribution in [0.3, 0.4) is 0 Å². The highest BCUT2D eigenvalue weighted by Crippen LogP contribution is 2.25. The molecule has 1 unspecified atom stereocenters. The van der Waals surface area contributed by atoms with Gasteiger partial charge in [0.2, 0.25) is 5.91 Å². The van der Waals surface area contributed by atoms with Crippen molar-refractivity contribution in [2.75, 3.05) is 13.1 Å². The van der Waals surface area contributed by atoms with Crippen LogP contribution in [0.2, 0.25) is 0 Å². The lowest BCUT2D eigenvalue weighted by molar-refractivity contribution is -0.150. The third-order valence-electron chi connectivity index (χ3n) is 4.61. The molecule has 1 aliphatic rings. The van der Waals surface area contributed by atoms with Crippen molar-refractivity contribution in [1.82, 2.24) is 14.7 Å². The second kappa shape index (κ2) is 5.87. The Morgan fingerprint density at radius 1 is 1.38 bits per heavy atom. The van der Waals surface area contributed by atoms with Gasteiger partial charge in [0.15, 0.2) is 0 Å². The molecule has 0 radical (unpaired) electrons. The van der Waals surface area contributed by atoms with Gasteiger partial charge in [-0.15, -0.1) is 0 Å². The SMILES string of the molecule is Cc1nn(C)c(C)c1CCC(=O)N1CC(C(C)C(=O)O)C1. The van der Waals surface area contributed by atoms with Crippen molar-refractivity contribution in [2.45, 2.75) is 33.6 Å². The number of rotatable bonds is 5. The monoisotopic (exact) mass is 293 g/mol. The molecule has 1 aromatic heterocycles. The minimum Gasteiger partial charge on any atom is -0.481 e. The maximum Gasteiger partial charge on any atom is 0.306 e. The fourth-order valence-electron chi connectivity index (χ4n) is 2.80. The zero-order chi connectivity index (χ0) is 15.7. The normalized spacial score (nSPS) is 16.7. The average Bonchev–Trinajstić information content (AvgIpc) is 2.59. The number of hydrogen-bond donors (Lipinski definition) is 1. The van der Waals surface area contributed by atoms with Crippen LogP contribution < -0.4 is 0 Å². The Hall–Kier alpha value is -1.85. The highest BCUT2D eigenvalue weighted by molar-refractivity contribution is 5.78. The Labute approximate surface area is 124 Å². The molecule has 2 rings (SSSR count). The minimum absolute atomic E-state index is 0.0910. The summed E-state index contributed by atoms with van der Waals surface area (Å²) in [5.74, 6) is -0.967. The number of nitrogens with zero attached hydrogens (tertiary/aromatic N) is 3. The predicted octanol–water partition coefficient (Wildman–Crippen LogP) is 1.15. The maximum atomic E-state index is 12.1. The van der Waals surface area contributed by atoms with E-state index in [1.165, 1.54) is 0 Å². The van der Waals surface area contributed by atoms with E-state index in [0.29, 0.717) is 25.9 Å². The fourth-order valence-corrected chi connectivity index (χ4v) is 2.80. The molecular formula is C15H23N3O3. The maximum absolute atomic E-state index is 12.1. The zero-order valence-electron chi connectivity index (χ0n) is 13.1. The van der Waals surface area contributed by atoms with E-state index in [2.05, 4.69) is 5.10 Å². The molecule has 6 nitrogen and oxygen atoms in total. The van der Waals surface area contributed by atoms with E-state index < -0.39 is 5.97 Å². The van der Waals surface area contributed by atoms with Gasteiger partial charge < -0.3 is 10.0 Å². The molecule has 116 valence electrons. The highest BCUT2D eigenvalue weighted by Gasteiger charge is 2.36. The summed E-state index contributed by atoms with van der Waals surface area (Å²) in [7, 11) is 1.90. The van der Waals surface area contributed by atoms with Gasteiger partial charge in [-0.05, 0) is 25.8 Å². The number of carboxylic acid groups (broad SMARTS) is 1. The number of amides is 1. The number of carboxylic acids is 1. The summed E-state index contributed by atoms with van der Waals surface area (Å²) in [6.45, 7) is 6.81. The van der Waals surface area contributed by atoms with Crippen LogP contribution in [0.1, 0.15) is 30.3 Å². The van der Waals surface area contributed by atoms with Gasteiger partial charge in [-0.3, -0.25) is 14.3 Å². The minimum atomic E-state index is -0.784. The lowest BCUT2D eigenvalue weighted by atomic mass is 9.87. The lowest BCUT2D eigenvalue weighted by Gasteiger charge is -2.41. The summed E-state index contributed by atoms with van der Waals surface area (Å²) >= 11 is 0. The largest absolute Gasteiger partial charge is 0.481 e. The van der Waals surface area contributed by atoms with Crippen LogP contribution in [0.25, 0.3) is 0 Å². The van der Waals surface area contributed by atoms with E-state index in [1.807, 2.05) is 25.6 Å². The second-order valence-corrected chi connectivity index (χ2v) is 5.96. The van der Waals surface area contributed by atoms with Crippen LogP contribution in [0.15, 0.2) is 0 Å². The van der Waals surface area contributed by atoms with Crippen LogP contribution in [0, 0.1) is 25.7 Å². The summed E-state index contributed by atoms with van der Waals surface area (Å²) in [6.07, 6.45) is 1.15. The number of likely N-dealkylation sites (tertiary alicyclic amines) is 1. The first kappa shape index (κ1) is 15.5. The summed E-state index contributed by atoms with van der Waals surface area (Å²) < 4.78 is 1.84. The molecule has 0 saturated carbocycles. The fraction of sp³-hybridized carbons (Fsp3) is 0.667. The molecule has 0 spiro atoms. The molecule has 6 heteroatoms. The van der Waals surface area contributed by atoms with Crippen molar-refractivity contribution in [1.29, 1.82) is 0 Å². The Kier molecular flexibility index (Phi) is 4.34. The van der Waals surface area contributed by atoms with E-state index in [9.17, 15) is 9.59 Å². The van der Waals surface area contributed by atoms with Gasteiger partial charge in [0.1, 0.15) is 0 Å². The summed E-state index contributed by atoms with van der Waals surface area (Å²) in [5.41, 5.74) is 3.21. The van der Waals surface area contributed by atoms with Crippen LogP contribution in [-0.4, -0.2) is 44.8 Å². The van der Waals surface area contributed by atoms with Gasteiger partial charge in [-0.1, -0.05) is 6.92 Å². The molecule has 1 amide bonds. The summed E-state index contributed by atoms with van der Waals surface area (Å²) in [6, 6.07) is 0. The molecule has 0 aromatic carbocycles. The van der Waals surface area contributed by atoms with Crippen molar-refractivity contribution in [3.05, 3.63) is 17.0 Å². The molecule has 0 bridgehead atoms. The topological polar surface area (TPSA) is 75.4 Å². The first-order valence-electron chi connectivity index (χ1n) is 7.31. The Balaban J connectivity index is 1.83. The molecule has 1 aromatic rings. The first-order chi connectivity index (χ1) is 9.81. The predicted molar refractivity (Wildman–Crippen MR) is 77.9 cm³/mol. The third-order valence-corrected chi connectivity index (χ3v) is 4.61. The smallest absolute Gasteiger partial charge is 0.306 e. The summed E-state index contributed by atoms with van der Waals surface area (Å²) in [4.78, 5) is 24.8. The first-order valence-corrected chi connectivity index (χ1v) is 7.31. The van der Waals surface area contributed by atoms with Gasteiger partial charge in [0, 0.05) is 38.2 Å².